The normalized spacial score (nSPS) is 24.7. The number of anilines is 1. The molecule has 0 radical (unpaired) electrons. The average molecular weight is 327 g/mol. The van der Waals surface area contributed by atoms with Gasteiger partial charge in [0.05, 0.1) is 28.0 Å². The van der Waals surface area contributed by atoms with Crippen LogP contribution in [-0.2, 0) is 0 Å². The van der Waals surface area contributed by atoms with Crippen LogP contribution in [0.5, 0.6) is 0 Å². The van der Waals surface area contributed by atoms with Crippen LogP contribution >= 0.6 is 11.6 Å². The maximum atomic E-state index is 11.6. The van der Waals surface area contributed by atoms with E-state index in [4.69, 9.17) is 11.6 Å². The molecule has 0 unspecified atom stereocenters. The number of hydrogen-bond acceptors (Lipinski definition) is 3. The van der Waals surface area contributed by atoms with Crippen LogP contribution in [0.2, 0.25) is 5.02 Å². The summed E-state index contributed by atoms with van der Waals surface area (Å²) >= 11 is 6.36. The fourth-order valence-corrected chi connectivity index (χ4v) is 3.93. The number of benzene rings is 1. The van der Waals surface area contributed by atoms with Crippen molar-refractivity contribution in [2.75, 3.05) is 5.32 Å². The summed E-state index contributed by atoms with van der Waals surface area (Å²) in [6, 6.07) is 9.10. The smallest absolute Gasteiger partial charge is 0.336 e. The molecule has 0 bridgehead atoms. The number of aromatic carboxylic acids is 1. The van der Waals surface area contributed by atoms with Crippen molar-refractivity contribution >= 4 is 23.3 Å². The molecular formula is C18H15ClN2O2. The van der Waals surface area contributed by atoms with Crippen LogP contribution in [0.15, 0.2) is 48.7 Å². The number of nitrogens with one attached hydrogen (secondary N) is 1. The van der Waals surface area contributed by atoms with Gasteiger partial charge in [0, 0.05) is 12.1 Å². The standard InChI is InChI=1S/C18H15ClN2O2/c19-13-8-7-12(18(22)23)15-10-4-3-5-11(10)16(21-17(13)15)14-6-1-2-9-20-14/h1-4,6-11,16,21H,5H2,(H,22,23)/t10-,11+,16-/m1/s1. The van der Waals surface area contributed by atoms with Gasteiger partial charge in [0.25, 0.3) is 0 Å². The van der Waals surface area contributed by atoms with Crippen molar-refractivity contribution in [2.24, 2.45) is 5.92 Å². The molecule has 0 saturated heterocycles. The molecule has 1 aromatic carbocycles. The van der Waals surface area contributed by atoms with Crippen LogP contribution in [0.4, 0.5) is 5.69 Å². The predicted molar refractivity (Wildman–Crippen MR) is 89.0 cm³/mol. The van der Waals surface area contributed by atoms with E-state index < -0.39 is 5.97 Å². The average Bonchev–Trinajstić information content (AvgIpc) is 3.05. The van der Waals surface area contributed by atoms with Crippen LogP contribution in [0.1, 0.15) is 40.0 Å². The Balaban J connectivity index is 1.89. The van der Waals surface area contributed by atoms with Crippen molar-refractivity contribution in [1.29, 1.82) is 0 Å². The molecule has 0 spiro atoms. The number of aromatic nitrogens is 1. The third kappa shape index (κ3) is 2.21. The molecule has 4 rings (SSSR count). The minimum Gasteiger partial charge on any atom is -0.478 e. The third-order valence-corrected chi connectivity index (χ3v) is 5.02. The van der Waals surface area contributed by atoms with E-state index in [0.717, 1.165) is 23.4 Å². The van der Waals surface area contributed by atoms with Crippen LogP contribution < -0.4 is 5.32 Å². The summed E-state index contributed by atoms with van der Waals surface area (Å²) in [4.78, 5) is 16.1. The summed E-state index contributed by atoms with van der Waals surface area (Å²) in [5.74, 6) is -0.632. The van der Waals surface area contributed by atoms with Crippen LogP contribution in [0.25, 0.3) is 0 Å². The van der Waals surface area contributed by atoms with E-state index in [9.17, 15) is 9.90 Å². The molecule has 0 fully saturated rings. The topological polar surface area (TPSA) is 62.2 Å². The lowest BCUT2D eigenvalue weighted by molar-refractivity contribution is 0.0695. The molecule has 5 heteroatoms. The third-order valence-electron chi connectivity index (χ3n) is 4.71. The molecule has 2 aromatic rings. The first-order valence-corrected chi connectivity index (χ1v) is 7.94. The molecule has 2 N–H and O–H groups in total. The van der Waals surface area contributed by atoms with Gasteiger partial charge in [-0.05, 0) is 42.2 Å². The van der Waals surface area contributed by atoms with Crippen LogP contribution in [0.3, 0.4) is 0 Å². The molecule has 1 aliphatic heterocycles. The fourth-order valence-electron chi connectivity index (χ4n) is 3.71. The summed E-state index contributed by atoms with van der Waals surface area (Å²) < 4.78 is 0. The maximum Gasteiger partial charge on any atom is 0.336 e. The first-order chi connectivity index (χ1) is 11.2. The Kier molecular flexibility index (Phi) is 3.34. The van der Waals surface area contributed by atoms with E-state index >= 15 is 0 Å². The number of carbonyl (C=O) groups is 1. The SMILES string of the molecule is O=C(O)c1ccc(Cl)c2c1[C@@H]1C=CC[C@@H]1[C@H](c1ccccn1)N2. The lowest BCUT2D eigenvalue weighted by Gasteiger charge is -2.38. The molecule has 2 heterocycles. The molecule has 3 atom stereocenters. The highest BCUT2D eigenvalue weighted by molar-refractivity contribution is 6.33. The highest BCUT2D eigenvalue weighted by Gasteiger charge is 2.41. The predicted octanol–water partition coefficient (Wildman–Crippen LogP) is 4.26. The van der Waals surface area contributed by atoms with Crippen molar-refractivity contribution in [3.05, 3.63) is 70.5 Å². The van der Waals surface area contributed by atoms with Crippen LogP contribution in [-0.4, -0.2) is 16.1 Å². The van der Waals surface area contributed by atoms with Crippen molar-refractivity contribution in [3.8, 4) is 0 Å². The van der Waals surface area contributed by atoms with Gasteiger partial charge in [0.2, 0.25) is 0 Å². The van der Waals surface area contributed by atoms with Crippen molar-refractivity contribution in [2.45, 2.75) is 18.4 Å². The minimum absolute atomic E-state index is 0.0187. The summed E-state index contributed by atoms with van der Waals surface area (Å²) in [5, 5.41) is 13.5. The highest BCUT2D eigenvalue weighted by atomic mass is 35.5. The molecule has 1 aromatic heterocycles. The van der Waals surface area contributed by atoms with E-state index in [-0.39, 0.29) is 17.9 Å². The van der Waals surface area contributed by atoms with Gasteiger partial charge in [0.1, 0.15) is 0 Å². The van der Waals surface area contributed by atoms with Gasteiger partial charge in [-0.3, -0.25) is 4.98 Å². The summed E-state index contributed by atoms with van der Waals surface area (Å²) in [6.07, 6.45) is 6.89. The molecule has 116 valence electrons. The van der Waals surface area contributed by atoms with E-state index in [1.165, 1.54) is 0 Å². The monoisotopic (exact) mass is 326 g/mol. The first kappa shape index (κ1) is 14.3. The second kappa shape index (κ2) is 5.39. The Morgan fingerprint density at radius 2 is 2.17 bits per heavy atom. The van der Waals surface area contributed by atoms with E-state index in [1.807, 2.05) is 18.2 Å². The van der Waals surface area contributed by atoms with E-state index in [0.29, 0.717) is 10.6 Å². The number of fused-ring (bicyclic) bond motifs is 3. The second-order valence-corrected chi connectivity index (χ2v) is 6.33. The first-order valence-electron chi connectivity index (χ1n) is 7.56. The van der Waals surface area contributed by atoms with E-state index in [2.05, 4.69) is 22.5 Å². The zero-order chi connectivity index (χ0) is 16.0. The minimum atomic E-state index is -0.921. The number of rotatable bonds is 2. The van der Waals surface area contributed by atoms with Crippen molar-refractivity contribution < 1.29 is 9.90 Å². The van der Waals surface area contributed by atoms with Gasteiger partial charge >= 0.3 is 5.97 Å². The quantitative estimate of drug-likeness (QED) is 0.809. The molecule has 23 heavy (non-hydrogen) atoms. The Morgan fingerprint density at radius 1 is 1.30 bits per heavy atom. The lowest BCUT2D eigenvalue weighted by Crippen LogP contribution is -2.31. The maximum absolute atomic E-state index is 11.6. The van der Waals surface area contributed by atoms with Crippen LogP contribution in [0, 0.1) is 5.92 Å². The highest BCUT2D eigenvalue weighted by Crippen LogP contribution is 2.52. The Labute approximate surface area is 138 Å². The largest absolute Gasteiger partial charge is 0.478 e. The van der Waals surface area contributed by atoms with E-state index in [1.54, 1.807) is 18.3 Å². The Hall–Kier alpha value is -2.33. The lowest BCUT2D eigenvalue weighted by atomic mass is 9.76. The second-order valence-electron chi connectivity index (χ2n) is 5.92. The number of allylic oxidation sites excluding steroid dienone is 2. The molecule has 0 amide bonds. The zero-order valence-corrected chi connectivity index (χ0v) is 13.0. The Bertz CT molecular complexity index is 804. The van der Waals surface area contributed by atoms with Crippen molar-refractivity contribution in [1.82, 2.24) is 4.98 Å². The van der Waals surface area contributed by atoms with Gasteiger partial charge in [-0.25, -0.2) is 4.79 Å². The van der Waals surface area contributed by atoms with Crippen molar-refractivity contribution in [3.63, 3.8) is 0 Å². The molecule has 1 aliphatic carbocycles. The number of pyridine rings is 1. The molecule has 2 aliphatic rings. The number of nitrogens with zero attached hydrogens (tertiary/aromatic N) is 1. The van der Waals surface area contributed by atoms with Gasteiger partial charge in [-0.15, -0.1) is 0 Å². The fraction of sp³-hybridized carbons (Fsp3) is 0.222. The molecule has 0 saturated carbocycles. The molecule has 4 nitrogen and oxygen atoms in total. The summed E-state index contributed by atoms with van der Waals surface area (Å²) in [6.45, 7) is 0. The number of halogens is 1. The zero-order valence-electron chi connectivity index (χ0n) is 12.2. The van der Waals surface area contributed by atoms with Gasteiger partial charge in [0.15, 0.2) is 0 Å². The number of carboxylic acids is 1. The van der Waals surface area contributed by atoms with Gasteiger partial charge < -0.3 is 10.4 Å². The number of hydrogen-bond donors (Lipinski definition) is 2. The Morgan fingerprint density at radius 3 is 2.91 bits per heavy atom. The summed E-state index contributed by atoms with van der Waals surface area (Å²) in [5.41, 5.74) is 2.78. The number of carboxylic acid groups (broad SMARTS) is 1. The van der Waals surface area contributed by atoms with Gasteiger partial charge in [-0.2, -0.15) is 0 Å². The van der Waals surface area contributed by atoms with Gasteiger partial charge in [-0.1, -0.05) is 29.8 Å². The molecular weight excluding hydrogens is 312 g/mol. The summed E-state index contributed by atoms with van der Waals surface area (Å²) in [7, 11) is 0.